The smallest absolute Gasteiger partial charge is 0.217 e. The normalized spacial score (nSPS) is 19.1. The molecule has 2 heterocycles. The number of methoxy groups -OCH3 is 3. The van der Waals surface area contributed by atoms with E-state index in [4.69, 9.17) is 24.0 Å². The molecule has 3 aromatic carbocycles. The topological polar surface area (TPSA) is 52.5 Å². The Morgan fingerprint density at radius 3 is 2.35 bits per heavy atom. The third-order valence-electron chi connectivity index (χ3n) is 5.82. The molecule has 31 heavy (non-hydrogen) atoms. The SMILES string of the molecule is COc1ccc(C2=NN3C(C2)c2ccccc2OC3c2ccccc2OC)c(OC)c1. The van der Waals surface area contributed by atoms with Crippen LogP contribution in [-0.2, 0) is 0 Å². The highest BCUT2D eigenvalue weighted by Crippen LogP contribution is 2.49. The quantitative estimate of drug-likeness (QED) is 0.589. The van der Waals surface area contributed by atoms with Gasteiger partial charge in [0, 0.05) is 23.6 Å². The number of fused-ring (bicyclic) bond motifs is 3. The minimum absolute atomic E-state index is 0.0571. The van der Waals surface area contributed by atoms with Gasteiger partial charge in [-0.15, -0.1) is 0 Å². The van der Waals surface area contributed by atoms with E-state index in [1.165, 1.54) is 0 Å². The Morgan fingerprint density at radius 2 is 1.58 bits per heavy atom. The fourth-order valence-corrected chi connectivity index (χ4v) is 4.31. The number of hydrogen-bond acceptors (Lipinski definition) is 6. The van der Waals surface area contributed by atoms with Crippen LogP contribution in [0.1, 0.15) is 35.4 Å². The van der Waals surface area contributed by atoms with E-state index in [0.29, 0.717) is 0 Å². The Kier molecular flexibility index (Phi) is 4.90. The summed E-state index contributed by atoms with van der Waals surface area (Å²) in [6.07, 6.45) is 0.354. The average Bonchev–Trinajstić information content (AvgIpc) is 3.28. The summed E-state index contributed by atoms with van der Waals surface area (Å²) in [7, 11) is 4.99. The minimum atomic E-state index is -0.391. The molecular formula is C25H24N2O4. The lowest BCUT2D eigenvalue weighted by Gasteiger charge is -2.38. The van der Waals surface area contributed by atoms with Crippen LogP contribution in [0.2, 0.25) is 0 Å². The standard InChI is InChI=1S/C25H24N2O4/c1-28-16-12-13-17(24(14-16)30-3)20-15-21-18-8-4-7-11-23(18)31-25(27(21)26-20)19-9-5-6-10-22(19)29-2/h4-14,21,25H,15H2,1-3H3. The first-order valence-electron chi connectivity index (χ1n) is 10.2. The van der Waals surface area contributed by atoms with Crippen molar-refractivity contribution in [1.82, 2.24) is 5.01 Å². The summed E-state index contributed by atoms with van der Waals surface area (Å²) in [4.78, 5) is 0. The lowest BCUT2D eigenvalue weighted by Crippen LogP contribution is -2.33. The van der Waals surface area contributed by atoms with Gasteiger partial charge in [-0.1, -0.05) is 30.3 Å². The van der Waals surface area contributed by atoms with Gasteiger partial charge >= 0.3 is 0 Å². The maximum Gasteiger partial charge on any atom is 0.217 e. The van der Waals surface area contributed by atoms with Crippen LogP contribution in [0, 0.1) is 0 Å². The Hall–Kier alpha value is -3.67. The van der Waals surface area contributed by atoms with Crippen molar-refractivity contribution in [3.63, 3.8) is 0 Å². The van der Waals surface area contributed by atoms with Crippen LogP contribution in [0.4, 0.5) is 0 Å². The molecule has 5 rings (SSSR count). The second kappa shape index (κ2) is 7.87. The van der Waals surface area contributed by atoms with E-state index >= 15 is 0 Å². The Labute approximate surface area is 181 Å². The molecule has 0 spiro atoms. The molecule has 0 aromatic heterocycles. The molecule has 2 aliphatic rings. The number of rotatable bonds is 5. The second-order valence-corrected chi connectivity index (χ2v) is 7.46. The van der Waals surface area contributed by atoms with Gasteiger partial charge in [-0.2, -0.15) is 5.10 Å². The van der Waals surface area contributed by atoms with Crippen LogP contribution in [0.3, 0.4) is 0 Å². The van der Waals surface area contributed by atoms with Crippen molar-refractivity contribution in [2.75, 3.05) is 21.3 Å². The fraction of sp³-hybridized carbons (Fsp3) is 0.240. The fourth-order valence-electron chi connectivity index (χ4n) is 4.31. The van der Waals surface area contributed by atoms with Crippen LogP contribution >= 0.6 is 0 Å². The van der Waals surface area contributed by atoms with E-state index in [-0.39, 0.29) is 6.04 Å². The highest BCUT2D eigenvalue weighted by atomic mass is 16.5. The highest BCUT2D eigenvalue weighted by molar-refractivity contribution is 6.04. The monoisotopic (exact) mass is 416 g/mol. The van der Waals surface area contributed by atoms with E-state index in [1.54, 1.807) is 21.3 Å². The highest BCUT2D eigenvalue weighted by Gasteiger charge is 2.42. The first kappa shape index (κ1) is 19.3. The molecule has 0 radical (unpaired) electrons. The van der Waals surface area contributed by atoms with Crippen LogP contribution in [0.5, 0.6) is 23.0 Å². The number of para-hydroxylation sites is 2. The Balaban J connectivity index is 1.61. The van der Waals surface area contributed by atoms with Gasteiger partial charge in [0.2, 0.25) is 6.23 Å². The maximum atomic E-state index is 6.44. The maximum absolute atomic E-state index is 6.44. The third-order valence-corrected chi connectivity index (χ3v) is 5.82. The van der Waals surface area contributed by atoms with Gasteiger partial charge in [-0.25, -0.2) is 5.01 Å². The predicted octanol–water partition coefficient (Wildman–Crippen LogP) is 4.95. The summed E-state index contributed by atoms with van der Waals surface area (Å²) in [5.74, 6) is 3.13. The largest absolute Gasteiger partial charge is 0.497 e. The van der Waals surface area contributed by atoms with Crippen LogP contribution < -0.4 is 18.9 Å². The molecule has 2 atom stereocenters. The zero-order valence-corrected chi connectivity index (χ0v) is 17.7. The van der Waals surface area contributed by atoms with Crippen LogP contribution in [-0.4, -0.2) is 32.0 Å². The summed E-state index contributed by atoms with van der Waals surface area (Å²) >= 11 is 0. The molecule has 158 valence electrons. The molecule has 2 aliphatic heterocycles. The van der Waals surface area contributed by atoms with Crippen molar-refractivity contribution in [2.45, 2.75) is 18.7 Å². The van der Waals surface area contributed by atoms with Crippen LogP contribution in [0.15, 0.2) is 71.8 Å². The van der Waals surface area contributed by atoms with Crippen molar-refractivity contribution in [1.29, 1.82) is 0 Å². The molecule has 0 fully saturated rings. The van der Waals surface area contributed by atoms with Gasteiger partial charge in [-0.05, 0) is 30.3 Å². The number of hydrogen-bond donors (Lipinski definition) is 0. The van der Waals surface area contributed by atoms with Crippen molar-refractivity contribution >= 4 is 5.71 Å². The van der Waals surface area contributed by atoms with E-state index in [9.17, 15) is 0 Å². The second-order valence-electron chi connectivity index (χ2n) is 7.46. The van der Waals surface area contributed by atoms with Gasteiger partial charge in [-0.3, -0.25) is 0 Å². The van der Waals surface area contributed by atoms with Gasteiger partial charge in [0.05, 0.1) is 38.6 Å². The number of hydrazone groups is 1. The summed E-state index contributed by atoms with van der Waals surface area (Å²) in [6.45, 7) is 0. The molecule has 0 bridgehead atoms. The van der Waals surface area contributed by atoms with Crippen molar-refractivity contribution < 1.29 is 18.9 Å². The van der Waals surface area contributed by atoms with Gasteiger partial charge in [0.25, 0.3) is 0 Å². The molecule has 0 aliphatic carbocycles. The Morgan fingerprint density at radius 1 is 0.839 bits per heavy atom. The molecule has 0 N–H and O–H groups in total. The van der Waals surface area contributed by atoms with E-state index in [0.717, 1.165) is 51.8 Å². The number of ether oxygens (including phenoxy) is 4. The summed E-state index contributed by atoms with van der Waals surface area (Å²) < 4.78 is 23.1. The molecular weight excluding hydrogens is 392 g/mol. The Bertz CT molecular complexity index is 1140. The average molecular weight is 416 g/mol. The molecule has 6 heteroatoms. The van der Waals surface area contributed by atoms with Gasteiger partial charge < -0.3 is 18.9 Å². The lowest BCUT2D eigenvalue weighted by molar-refractivity contribution is -0.0203. The first-order chi connectivity index (χ1) is 15.2. The first-order valence-corrected chi connectivity index (χ1v) is 10.2. The summed E-state index contributed by atoms with van der Waals surface area (Å²) in [5, 5.41) is 7.07. The number of benzene rings is 3. The zero-order valence-electron chi connectivity index (χ0n) is 17.7. The molecule has 0 saturated carbocycles. The summed E-state index contributed by atoms with van der Waals surface area (Å²) in [6, 6.07) is 21.9. The van der Waals surface area contributed by atoms with E-state index < -0.39 is 6.23 Å². The molecule has 6 nitrogen and oxygen atoms in total. The third kappa shape index (κ3) is 3.24. The van der Waals surface area contributed by atoms with E-state index in [1.807, 2.05) is 65.7 Å². The predicted molar refractivity (Wildman–Crippen MR) is 118 cm³/mol. The van der Waals surface area contributed by atoms with Gasteiger partial charge in [0.15, 0.2) is 0 Å². The number of nitrogens with zero attached hydrogens (tertiary/aromatic N) is 2. The van der Waals surface area contributed by atoms with Crippen LogP contribution in [0.25, 0.3) is 0 Å². The molecule has 0 amide bonds. The zero-order chi connectivity index (χ0) is 21.4. The molecule has 2 unspecified atom stereocenters. The molecule has 0 saturated heterocycles. The summed E-state index contributed by atoms with van der Waals surface area (Å²) in [5.41, 5.74) is 3.97. The minimum Gasteiger partial charge on any atom is -0.497 e. The van der Waals surface area contributed by atoms with Crippen molar-refractivity contribution in [2.24, 2.45) is 5.10 Å². The van der Waals surface area contributed by atoms with Crippen molar-refractivity contribution in [3.05, 3.63) is 83.4 Å². The van der Waals surface area contributed by atoms with Crippen molar-refractivity contribution in [3.8, 4) is 23.0 Å². The molecule has 3 aromatic rings. The van der Waals surface area contributed by atoms with E-state index in [2.05, 4.69) is 6.07 Å². The lowest BCUT2D eigenvalue weighted by atomic mass is 9.95. The van der Waals surface area contributed by atoms with Gasteiger partial charge in [0.1, 0.15) is 23.0 Å².